The Bertz CT molecular complexity index is 1400. The molecule has 3 aromatic rings. The highest BCUT2D eigenvalue weighted by Gasteiger charge is 2.47. The van der Waals surface area contributed by atoms with Gasteiger partial charge < -0.3 is 24.6 Å². The molecular weight excluding hydrogens is 476 g/mol. The van der Waals surface area contributed by atoms with E-state index in [-0.39, 0.29) is 22.8 Å². The van der Waals surface area contributed by atoms with Gasteiger partial charge in [-0.2, -0.15) is 0 Å². The average molecular weight is 503 g/mol. The van der Waals surface area contributed by atoms with E-state index < -0.39 is 17.7 Å². The predicted octanol–water partition coefficient (Wildman–Crippen LogP) is 4.30. The van der Waals surface area contributed by atoms with Gasteiger partial charge in [0.15, 0.2) is 11.5 Å². The molecule has 190 valence electrons. The van der Waals surface area contributed by atoms with Crippen LogP contribution in [0.25, 0.3) is 5.76 Å². The second-order valence-electron chi connectivity index (χ2n) is 8.24. The number of rotatable bonds is 7. The summed E-state index contributed by atoms with van der Waals surface area (Å²) in [5.74, 6) is -0.917. The van der Waals surface area contributed by atoms with Gasteiger partial charge in [-0.3, -0.25) is 19.3 Å². The highest BCUT2D eigenvalue weighted by atomic mass is 16.5. The fourth-order valence-corrected chi connectivity index (χ4v) is 4.28. The van der Waals surface area contributed by atoms with Crippen molar-refractivity contribution in [2.45, 2.75) is 13.0 Å². The average Bonchev–Trinajstić information content (AvgIpc) is 3.17. The predicted molar refractivity (Wildman–Crippen MR) is 138 cm³/mol. The van der Waals surface area contributed by atoms with Gasteiger partial charge in [-0.1, -0.05) is 18.2 Å². The van der Waals surface area contributed by atoms with Crippen LogP contribution in [0.5, 0.6) is 17.2 Å². The van der Waals surface area contributed by atoms with Crippen molar-refractivity contribution >= 4 is 34.7 Å². The second-order valence-corrected chi connectivity index (χ2v) is 8.24. The van der Waals surface area contributed by atoms with Crippen molar-refractivity contribution in [2.24, 2.45) is 0 Å². The van der Waals surface area contributed by atoms with E-state index in [1.54, 1.807) is 60.7 Å². The van der Waals surface area contributed by atoms with E-state index in [2.05, 4.69) is 5.32 Å². The monoisotopic (exact) mass is 502 g/mol. The molecule has 1 unspecified atom stereocenters. The number of methoxy groups -OCH3 is 3. The first-order chi connectivity index (χ1) is 17.8. The lowest BCUT2D eigenvalue weighted by Crippen LogP contribution is -2.29. The van der Waals surface area contributed by atoms with Crippen LogP contribution in [0.4, 0.5) is 11.4 Å². The summed E-state index contributed by atoms with van der Waals surface area (Å²) in [4.78, 5) is 39.7. The van der Waals surface area contributed by atoms with Crippen LogP contribution in [0.1, 0.15) is 24.1 Å². The van der Waals surface area contributed by atoms with E-state index in [0.717, 1.165) is 0 Å². The van der Waals surface area contributed by atoms with Crippen molar-refractivity contribution in [2.75, 3.05) is 31.5 Å². The summed E-state index contributed by atoms with van der Waals surface area (Å²) in [6, 6.07) is 17.2. The van der Waals surface area contributed by atoms with Crippen LogP contribution in [-0.4, -0.2) is 44.0 Å². The van der Waals surface area contributed by atoms with Crippen molar-refractivity contribution in [3.63, 3.8) is 0 Å². The quantitative estimate of drug-likeness (QED) is 0.281. The molecule has 37 heavy (non-hydrogen) atoms. The summed E-state index contributed by atoms with van der Waals surface area (Å²) in [6.45, 7) is 1.37. The molecule has 2 amide bonds. The zero-order chi connectivity index (χ0) is 26.7. The number of benzene rings is 3. The first-order valence-corrected chi connectivity index (χ1v) is 11.3. The van der Waals surface area contributed by atoms with Crippen LogP contribution >= 0.6 is 0 Å². The topological polar surface area (TPSA) is 114 Å². The molecule has 1 aliphatic heterocycles. The molecule has 1 saturated heterocycles. The molecule has 0 aromatic heterocycles. The van der Waals surface area contributed by atoms with E-state index >= 15 is 0 Å². The fraction of sp³-hybridized carbons (Fsp3) is 0.179. The number of ether oxygens (including phenoxy) is 3. The number of aliphatic hydroxyl groups is 1. The standard InChI is InChI=1S/C28H26N2O7/c1-16(31)29-19-6-5-7-20(15-19)30-25(17-8-11-21(35-2)12-9-17)24(27(33)28(30)34)26(32)18-10-13-22(36-3)23(14-18)37-4/h5-15,25,32H,1-4H3,(H,29,31)/b26-24+. The largest absolute Gasteiger partial charge is 0.507 e. The van der Waals surface area contributed by atoms with Gasteiger partial charge in [0.25, 0.3) is 11.7 Å². The van der Waals surface area contributed by atoms with E-state index in [9.17, 15) is 19.5 Å². The van der Waals surface area contributed by atoms with Gasteiger partial charge in [-0.15, -0.1) is 0 Å². The Morgan fingerprint density at radius 2 is 1.59 bits per heavy atom. The van der Waals surface area contributed by atoms with Crippen LogP contribution in [0, 0.1) is 0 Å². The molecule has 0 saturated carbocycles. The number of carbonyl (C=O) groups excluding carboxylic acids is 3. The molecule has 2 N–H and O–H groups in total. The molecule has 0 spiro atoms. The zero-order valence-corrected chi connectivity index (χ0v) is 20.8. The highest BCUT2D eigenvalue weighted by molar-refractivity contribution is 6.51. The van der Waals surface area contributed by atoms with Crippen molar-refractivity contribution in [3.05, 3.63) is 83.4 Å². The van der Waals surface area contributed by atoms with Gasteiger partial charge in [-0.05, 0) is 54.1 Å². The first-order valence-electron chi connectivity index (χ1n) is 11.3. The Hall–Kier alpha value is -4.79. The zero-order valence-electron chi connectivity index (χ0n) is 20.8. The maximum Gasteiger partial charge on any atom is 0.300 e. The minimum absolute atomic E-state index is 0.0904. The Labute approximate surface area is 213 Å². The summed E-state index contributed by atoms with van der Waals surface area (Å²) >= 11 is 0. The molecule has 0 aliphatic carbocycles. The van der Waals surface area contributed by atoms with Gasteiger partial charge in [0.05, 0.1) is 32.9 Å². The highest BCUT2D eigenvalue weighted by Crippen LogP contribution is 2.43. The second kappa shape index (κ2) is 10.4. The summed E-state index contributed by atoms with van der Waals surface area (Å²) < 4.78 is 15.9. The van der Waals surface area contributed by atoms with Gasteiger partial charge in [-0.25, -0.2) is 0 Å². The van der Waals surface area contributed by atoms with Crippen LogP contribution in [0.15, 0.2) is 72.3 Å². The number of aliphatic hydroxyl groups excluding tert-OH is 1. The molecule has 1 atom stereocenters. The lowest BCUT2D eigenvalue weighted by molar-refractivity contribution is -0.132. The molecule has 0 bridgehead atoms. The normalized spacial score (nSPS) is 16.4. The number of hydrogen-bond acceptors (Lipinski definition) is 7. The van der Waals surface area contributed by atoms with E-state index in [0.29, 0.717) is 34.2 Å². The van der Waals surface area contributed by atoms with Crippen LogP contribution in [0.3, 0.4) is 0 Å². The van der Waals surface area contributed by atoms with E-state index in [4.69, 9.17) is 14.2 Å². The summed E-state index contributed by atoms with van der Waals surface area (Å²) in [7, 11) is 4.48. The van der Waals surface area contributed by atoms with Gasteiger partial charge in [0.1, 0.15) is 11.5 Å². The van der Waals surface area contributed by atoms with Gasteiger partial charge >= 0.3 is 0 Å². The summed E-state index contributed by atoms with van der Waals surface area (Å²) in [6.07, 6.45) is 0. The number of ketones is 1. The molecule has 4 rings (SSSR count). The third-order valence-electron chi connectivity index (χ3n) is 5.98. The lowest BCUT2D eigenvalue weighted by Gasteiger charge is -2.26. The minimum atomic E-state index is -0.952. The Morgan fingerprint density at radius 1 is 0.892 bits per heavy atom. The Balaban J connectivity index is 1.92. The van der Waals surface area contributed by atoms with Crippen molar-refractivity contribution in [3.8, 4) is 17.2 Å². The van der Waals surface area contributed by atoms with Crippen molar-refractivity contribution in [1.82, 2.24) is 0 Å². The smallest absolute Gasteiger partial charge is 0.300 e. The van der Waals surface area contributed by atoms with Gasteiger partial charge in [0.2, 0.25) is 5.91 Å². The van der Waals surface area contributed by atoms with Crippen molar-refractivity contribution in [1.29, 1.82) is 0 Å². The number of hydrogen-bond donors (Lipinski definition) is 2. The third-order valence-corrected chi connectivity index (χ3v) is 5.98. The Morgan fingerprint density at radius 3 is 2.22 bits per heavy atom. The van der Waals surface area contributed by atoms with E-state index in [1.807, 2.05) is 0 Å². The first kappa shape index (κ1) is 25.3. The number of nitrogens with one attached hydrogen (secondary N) is 1. The van der Waals surface area contributed by atoms with Crippen LogP contribution in [-0.2, 0) is 14.4 Å². The molecule has 0 radical (unpaired) electrons. The van der Waals surface area contributed by atoms with Crippen LogP contribution in [0.2, 0.25) is 0 Å². The SMILES string of the molecule is COc1ccc(C2/C(=C(\O)c3ccc(OC)c(OC)c3)C(=O)C(=O)N2c2cccc(NC(C)=O)c2)cc1. The number of anilines is 2. The van der Waals surface area contributed by atoms with E-state index in [1.165, 1.54) is 39.2 Å². The number of Topliss-reactive ketones (excluding diaryl/α,β-unsaturated/α-hetero) is 1. The third kappa shape index (κ3) is 4.84. The Kier molecular flexibility index (Phi) is 7.15. The van der Waals surface area contributed by atoms with Crippen molar-refractivity contribution < 1.29 is 33.7 Å². The van der Waals surface area contributed by atoms with Crippen LogP contribution < -0.4 is 24.4 Å². The number of nitrogens with zero attached hydrogens (tertiary/aromatic N) is 1. The molecule has 9 heteroatoms. The molecule has 1 aliphatic rings. The lowest BCUT2D eigenvalue weighted by atomic mass is 9.95. The molecule has 9 nitrogen and oxygen atoms in total. The molecule has 1 heterocycles. The fourth-order valence-electron chi connectivity index (χ4n) is 4.28. The maximum atomic E-state index is 13.4. The number of amides is 2. The molecule has 3 aromatic carbocycles. The maximum absolute atomic E-state index is 13.4. The molecular formula is C28H26N2O7. The summed E-state index contributed by atoms with van der Waals surface area (Å²) in [5, 5.41) is 14.0. The van der Waals surface area contributed by atoms with Gasteiger partial charge in [0, 0.05) is 23.9 Å². The summed E-state index contributed by atoms with van der Waals surface area (Å²) in [5.41, 5.74) is 1.60. The number of carbonyl (C=O) groups is 3. The minimum Gasteiger partial charge on any atom is -0.507 e. The molecule has 1 fully saturated rings.